The molecule has 0 spiro atoms. The minimum absolute atomic E-state index is 0.0238. The molecular weight excluding hydrogens is 1000 g/mol. The van der Waals surface area contributed by atoms with Crippen molar-refractivity contribution < 1.29 is 37.3 Å². The van der Waals surface area contributed by atoms with Crippen LogP contribution < -0.4 is 10.2 Å². The smallest absolute Gasteiger partial charge is 0.306 e. The first-order valence-corrected chi connectivity index (χ1v) is 35.1. The molecule has 0 heterocycles. The number of ether oxygens (including phenoxy) is 1. The molecule has 3 unspecified atom stereocenters. The van der Waals surface area contributed by atoms with Gasteiger partial charge in [-0.05, 0) is 96.0 Å². The van der Waals surface area contributed by atoms with Crippen LogP contribution in [0.4, 0.5) is 0 Å². The van der Waals surface area contributed by atoms with E-state index in [9.17, 15) is 19.0 Å². The second kappa shape index (κ2) is 58.9. The van der Waals surface area contributed by atoms with Gasteiger partial charge in [-0.25, -0.2) is 0 Å². The average Bonchev–Trinajstić information content (AvgIpc) is 3.41. The third-order valence-corrected chi connectivity index (χ3v) is 15.9. The minimum Gasteiger partial charge on any atom is -0.756 e. The van der Waals surface area contributed by atoms with E-state index in [1.165, 1.54) is 199 Å². The third-order valence-electron chi connectivity index (χ3n) is 14.9. The minimum atomic E-state index is -4.70. The Morgan fingerprint density at radius 1 is 0.443 bits per heavy atom. The van der Waals surface area contributed by atoms with Gasteiger partial charge in [0.1, 0.15) is 19.3 Å². The molecule has 0 aliphatic rings. The van der Waals surface area contributed by atoms with Crippen molar-refractivity contribution in [1.29, 1.82) is 0 Å². The van der Waals surface area contributed by atoms with Crippen LogP contribution in [0, 0.1) is 0 Å². The van der Waals surface area contributed by atoms with Crippen LogP contribution >= 0.6 is 7.82 Å². The fourth-order valence-electron chi connectivity index (χ4n) is 9.70. The zero-order valence-electron chi connectivity index (χ0n) is 52.8. The van der Waals surface area contributed by atoms with Gasteiger partial charge in [0.15, 0.2) is 0 Å². The third kappa shape index (κ3) is 60.1. The Kier molecular flexibility index (Phi) is 57.2. The number of likely N-dealkylation sites (N-methyl/N-ethyl adjacent to an activating group) is 1. The van der Waals surface area contributed by atoms with E-state index in [2.05, 4.69) is 74.7 Å². The number of nitrogens with zero attached hydrogens (tertiary/aromatic N) is 1. The second-order valence-corrected chi connectivity index (χ2v) is 25.4. The molecule has 0 rings (SSSR count). The first-order chi connectivity index (χ1) is 38.4. The number of unbranched alkanes of at least 4 members (excludes halogenated alkanes) is 37. The largest absolute Gasteiger partial charge is 0.756 e. The molecule has 9 nitrogen and oxygen atoms in total. The molecule has 0 aromatic rings. The van der Waals surface area contributed by atoms with Crippen LogP contribution in [-0.2, 0) is 27.9 Å². The van der Waals surface area contributed by atoms with E-state index in [1.807, 2.05) is 33.3 Å². The van der Waals surface area contributed by atoms with Crippen LogP contribution in [0.1, 0.15) is 316 Å². The molecule has 0 fully saturated rings. The van der Waals surface area contributed by atoms with Crippen LogP contribution in [-0.4, -0.2) is 69.4 Å². The van der Waals surface area contributed by atoms with E-state index in [4.69, 9.17) is 13.8 Å². The summed E-state index contributed by atoms with van der Waals surface area (Å²) in [4.78, 5) is 40.1. The molecule has 3 atom stereocenters. The van der Waals surface area contributed by atoms with E-state index in [1.54, 1.807) is 0 Å². The summed E-state index contributed by atoms with van der Waals surface area (Å²) >= 11 is 0. The van der Waals surface area contributed by atoms with Crippen LogP contribution in [0.15, 0.2) is 60.8 Å². The van der Waals surface area contributed by atoms with E-state index in [0.717, 1.165) is 83.5 Å². The maximum absolute atomic E-state index is 13.6. The van der Waals surface area contributed by atoms with Crippen molar-refractivity contribution >= 4 is 19.7 Å². The summed E-state index contributed by atoms with van der Waals surface area (Å²) in [6.45, 7) is 6.82. The number of phosphoric ester groups is 1. The van der Waals surface area contributed by atoms with Crippen molar-refractivity contribution in [2.24, 2.45) is 0 Å². The predicted molar refractivity (Wildman–Crippen MR) is 339 cm³/mol. The SMILES string of the molecule is CCCCC/C=C\C/C=C\CCCCCCCCCCCCCC(=O)OC(/C=C/CCCCCCCCCCCCC)C(COP(=O)([O-])OCC[N+](C)(C)C)NC(=O)CCCCCCCCCCC/C=C\C/C=C\CCCCC. The molecule has 0 radical (unpaired) electrons. The Balaban J connectivity index is 5.19. The Morgan fingerprint density at radius 2 is 0.772 bits per heavy atom. The summed E-state index contributed by atoms with van der Waals surface area (Å²) in [6, 6.07) is -0.892. The molecule has 79 heavy (non-hydrogen) atoms. The molecule has 1 N–H and O–H groups in total. The van der Waals surface area contributed by atoms with Crippen LogP contribution in [0.25, 0.3) is 0 Å². The first-order valence-electron chi connectivity index (χ1n) is 33.6. The fraction of sp³-hybridized carbons (Fsp3) is 0.826. The van der Waals surface area contributed by atoms with Gasteiger partial charge >= 0.3 is 5.97 Å². The number of rotatable bonds is 61. The van der Waals surface area contributed by atoms with Crippen molar-refractivity contribution in [1.82, 2.24) is 5.32 Å². The van der Waals surface area contributed by atoms with Gasteiger partial charge in [-0.2, -0.15) is 0 Å². The number of hydrogen-bond acceptors (Lipinski definition) is 7. The van der Waals surface area contributed by atoms with Crippen molar-refractivity contribution in [3.05, 3.63) is 60.8 Å². The summed E-state index contributed by atoms with van der Waals surface area (Å²) in [6.07, 6.45) is 74.7. The van der Waals surface area contributed by atoms with Crippen LogP contribution in [0.2, 0.25) is 0 Å². The molecule has 0 aliphatic heterocycles. The molecule has 0 aromatic heterocycles. The lowest BCUT2D eigenvalue weighted by molar-refractivity contribution is -0.870. The van der Waals surface area contributed by atoms with Crippen molar-refractivity contribution in [3.63, 3.8) is 0 Å². The number of carbonyl (C=O) groups excluding carboxylic acids is 2. The topological polar surface area (TPSA) is 114 Å². The summed E-state index contributed by atoms with van der Waals surface area (Å²) in [5.41, 5.74) is 0. The van der Waals surface area contributed by atoms with E-state index in [0.29, 0.717) is 17.4 Å². The highest BCUT2D eigenvalue weighted by atomic mass is 31.2. The molecule has 0 saturated heterocycles. The number of nitrogens with one attached hydrogen (secondary N) is 1. The molecule has 0 saturated carbocycles. The normalized spacial score (nSPS) is 14.0. The van der Waals surface area contributed by atoms with E-state index >= 15 is 0 Å². The fourth-order valence-corrected chi connectivity index (χ4v) is 10.4. The van der Waals surface area contributed by atoms with Crippen molar-refractivity contribution in [2.75, 3.05) is 40.9 Å². The zero-order valence-corrected chi connectivity index (χ0v) is 53.7. The summed E-state index contributed by atoms with van der Waals surface area (Å²) in [5, 5.41) is 3.04. The predicted octanol–water partition coefficient (Wildman–Crippen LogP) is 20.4. The number of esters is 1. The first kappa shape index (κ1) is 76.7. The maximum atomic E-state index is 13.6. The molecule has 0 aromatic carbocycles. The highest BCUT2D eigenvalue weighted by Crippen LogP contribution is 2.38. The van der Waals surface area contributed by atoms with Crippen LogP contribution in [0.3, 0.4) is 0 Å². The Labute approximate surface area is 490 Å². The lowest BCUT2D eigenvalue weighted by Gasteiger charge is -2.30. The van der Waals surface area contributed by atoms with Gasteiger partial charge in [0.2, 0.25) is 5.91 Å². The van der Waals surface area contributed by atoms with Crippen molar-refractivity contribution in [2.45, 2.75) is 328 Å². The van der Waals surface area contributed by atoms with E-state index in [-0.39, 0.29) is 31.5 Å². The van der Waals surface area contributed by atoms with Crippen molar-refractivity contribution in [3.8, 4) is 0 Å². The quantitative estimate of drug-likeness (QED) is 0.0212. The number of quaternary nitrogens is 1. The molecule has 462 valence electrons. The average molecular weight is 1130 g/mol. The Morgan fingerprint density at radius 3 is 1.16 bits per heavy atom. The Hall–Kier alpha value is -2.29. The van der Waals surface area contributed by atoms with Gasteiger partial charge in [-0.15, -0.1) is 0 Å². The van der Waals surface area contributed by atoms with E-state index < -0.39 is 20.0 Å². The lowest BCUT2D eigenvalue weighted by Crippen LogP contribution is -2.47. The molecule has 0 bridgehead atoms. The number of phosphoric acid groups is 1. The van der Waals surface area contributed by atoms with Crippen LogP contribution in [0.5, 0.6) is 0 Å². The zero-order chi connectivity index (χ0) is 57.9. The standard InChI is InChI=1S/C69H129N2O7P/c1-7-10-13-16-19-22-25-28-30-32-34-35-37-39-41-44-47-50-53-56-59-62-69(73)78-67(60-57-54-51-48-45-42-27-24-21-18-15-12-9-3)66(65-77-79(74,75)76-64-63-71(4,5)6)70-68(72)61-58-55-52-49-46-43-40-38-36-33-31-29-26-23-20-17-14-11-8-2/h19-20,22-23,28-31,57,60,66-67H,7-18,21,24-27,32-56,58-59,61-65H2,1-6H3,(H-,70,72,74,75)/b22-19-,23-20-,30-28-,31-29-,60-57+. The highest BCUT2D eigenvalue weighted by molar-refractivity contribution is 7.45. The highest BCUT2D eigenvalue weighted by Gasteiger charge is 2.27. The second-order valence-electron chi connectivity index (χ2n) is 24.0. The van der Waals surface area contributed by atoms with Gasteiger partial charge in [-0.1, -0.05) is 268 Å². The number of allylic oxidation sites excluding steroid dienone is 9. The monoisotopic (exact) mass is 1130 g/mol. The molecular formula is C69H129N2O7P. The van der Waals surface area contributed by atoms with Gasteiger partial charge in [0, 0.05) is 12.8 Å². The lowest BCUT2D eigenvalue weighted by atomic mass is 10.0. The summed E-state index contributed by atoms with van der Waals surface area (Å²) in [7, 11) is 1.19. The Bertz CT molecular complexity index is 1540. The number of carbonyl (C=O) groups is 2. The van der Waals surface area contributed by atoms with Gasteiger partial charge < -0.3 is 28.5 Å². The maximum Gasteiger partial charge on any atom is 0.306 e. The molecule has 10 heteroatoms. The number of hydrogen-bond donors (Lipinski definition) is 1. The number of amides is 1. The molecule has 1 amide bonds. The van der Waals surface area contributed by atoms with Gasteiger partial charge in [0.25, 0.3) is 7.82 Å². The van der Waals surface area contributed by atoms with Gasteiger partial charge in [-0.3, -0.25) is 14.2 Å². The molecule has 0 aliphatic carbocycles. The summed E-state index contributed by atoms with van der Waals surface area (Å²) in [5.74, 6) is -0.538. The van der Waals surface area contributed by atoms with Gasteiger partial charge in [0.05, 0.1) is 33.8 Å². The summed E-state index contributed by atoms with van der Waals surface area (Å²) < 4.78 is 30.4.